The lowest BCUT2D eigenvalue weighted by atomic mass is 9.77. The van der Waals surface area contributed by atoms with Crippen molar-refractivity contribution in [2.45, 2.75) is 24.9 Å². The number of hydrogen-bond donors (Lipinski definition) is 1. The number of nitrogens with zero attached hydrogens (tertiary/aromatic N) is 2. The summed E-state index contributed by atoms with van der Waals surface area (Å²) in [6.07, 6.45) is 5.12. The largest absolute Gasteiger partial charge is 0.460 e. The normalized spacial score (nSPS) is 19.7. The molecule has 2 aromatic heterocycles. The van der Waals surface area contributed by atoms with Gasteiger partial charge in [0, 0.05) is 17.4 Å². The lowest BCUT2D eigenvalue weighted by molar-refractivity contribution is 0.0882. The zero-order chi connectivity index (χ0) is 16.5. The highest BCUT2D eigenvalue weighted by molar-refractivity contribution is 6.30. The third-order valence-electron chi connectivity index (χ3n) is 4.14. The summed E-state index contributed by atoms with van der Waals surface area (Å²) in [5.74, 6) is 0.888. The predicted molar refractivity (Wildman–Crippen MR) is 88.2 cm³/mol. The Bertz CT molecular complexity index is 880. The minimum absolute atomic E-state index is 0.113. The monoisotopic (exact) mass is 343 g/mol. The van der Waals surface area contributed by atoms with Gasteiger partial charge in [0.1, 0.15) is 6.10 Å². The van der Waals surface area contributed by atoms with Gasteiger partial charge in [0.15, 0.2) is 5.76 Å². The highest BCUT2D eigenvalue weighted by Gasteiger charge is 2.32. The van der Waals surface area contributed by atoms with E-state index in [1.165, 1.54) is 11.6 Å². The lowest BCUT2D eigenvalue weighted by Gasteiger charge is -2.34. The van der Waals surface area contributed by atoms with Crippen LogP contribution in [0.3, 0.4) is 0 Å². The highest BCUT2D eigenvalue weighted by atomic mass is 35.5. The van der Waals surface area contributed by atoms with E-state index in [1.54, 1.807) is 12.4 Å². The lowest BCUT2D eigenvalue weighted by Crippen LogP contribution is -2.32. The molecule has 1 saturated carbocycles. The molecule has 1 aromatic carbocycles. The number of hydrogen-bond acceptors (Lipinski definition) is 5. The van der Waals surface area contributed by atoms with Crippen molar-refractivity contribution in [1.29, 1.82) is 0 Å². The maximum Gasteiger partial charge on any atom is 0.316 e. The molecule has 122 valence electrons. The van der Waals surface area contributed by atoms with Crippen LogP contribution in [0.1, 0.15) is 24.3 Å². The van der Waals surface area contributed by atoms with Crippen molar-refractivity contribution in [3.8, 4) is 17.3 Å². The SMILES string of the molecule is O=c1cc(-c2cnc(OC3CC(c4ccc(Cl)cc4)C3)nc2)o[nH]1. The number of nitrogens with one attached hydrogen (secondary N) is 1. The topological polar surface area (TPSA) is 81.0 Å². The van der Waals surface area contributed by atoms with Gasteiger partial charge >= 0.3 is 6.01 Å². The standard InChI is InChI=1S/C17H14ClN3O3/c18-13-3-1-10(2-4-13)11-5-14(6-11)23-17-19-8-12(9-20-17)15-7-16(22)21-24-15/h1-4,7-9,11,14H,5-6H2,(H,21,22). The summed E-state index contributed by atoms with van der Waals surface area (Å²) in [6.45, 7) is 0. The van der Waals surface area contributed by atoms with E-state index < -0.39 is 0 Å². The van der Waals surface area contributed by atoms with Crippen LogP contribution in [0, 0.1) is 0 Å². The van der Waals surface area contributed by atoms with E-state index in [0.717, 1.165) is 17.9 Å². The van der Waals surface area contributed by atoms with Crippen LogP contribution in [0.2, 0.25) is 5.02 Å². The smallest absolute Gasteiger partial charge is 0.316 e. The summed E-state index contributed by atoms with van der Waals surface area (Å²) in [4.78, 5) is 19.4. The van der Waals surface area contributed by atoms with Crippen LogP contribution in [0.4, 0.5) is 0 Å². The molecule has 6 nitrogen and oxygen atoms in total. The van der Waals surface area contributed by atoms with Gasteiger partial charge in [-0.25, -0.2) is 9.97 Å². The molecule has 3 aromatic rings. The first-order chi connectivity index (χ1) is 11.7. The van der Waals surface area contributed by atoms with Gasteiger partial charge in [-0.3, -0.25) is 4.79 Å². The second-order valence-corrected chi connectivity index (χ2v) is 6.23. The highest BCUT2D eigenvalue weighted by Crippen LogP contribution is 2.39. The average molecular weight is 344 g/mol. The first-order valence-corrected chi connectivity index (χ1v) is 7.98. The van der Waals surface area contributed by atoms with Gasteiger partial charge in [0.05, 0.1) is 11.6 Å². The Kier molecular flexibility index (Phi) is 3.82. The molecule has 7 heteroatoms. The van der Waals surface area contributed by atoms with E-state index in [1.807, 2.05) is 12.1 Å². The van der Waals surface area contributed by atoms with E-state index in [-0.39, 0.29) is 11.7 Å². The van der Waals surface area contributed by atoms with Crippen LogP contribution in [-0.2, 0) is 0 Å². The van der Waals surface area contributed by atoms with Gasteiger partial charge in [0.2, 0.25) is 0 Å². The Balaban J connectivity index is 1.35. The van der Waals surface area contributed by atoms with Crippen LogP contribution < -0.4 is 10.3 Å². The van der Waals surface area contributed by atoms with Gasteiger partial charge in [-0.1, -0.05) is 23.7 Å². The average Bonchev–Trinajstić information content (AvgIpc) is 2.99. The fourth-order valence-electron chi connectivity index (χ4n) is 2.75. The maximum absolute atomic E-state index is 11.1. The number of halogens is 1. The van der Waals surface area contributed by atoms with Crippen molar-refractivity contribution >= 4 is 11.6 Å². The van der Waals surface area contributed by atoms with Crippen molar-refractivity contribution in [2.24, 2.45) is 0 Å². The van der Waals surface area contributed by atoms with Crippen LogP contribution in [0.5, 0.6) is 6.01 Å². The molecule has 4 rings (SSSR count). The minimum Gasteiger partial charge on any atom is -0.460 e. The van der Waals surface area contributed by atoms with Gasteiger partial charge in [-0.05, 0) is 36.5 Å². The third kappa shape index (κ3) is 3.05. The fraction of sp³-hybridized carbons (Fsp3) is 0.235. The third-order valence-corrected chi connectivity index (χ3v) is 4.40. The molecule has 0 unspecified atom stereocenters. The molecule has 0 atom stereocenters. The molecule has 0 radical (unpaired) electrons. The molecule has 2 heterocycles. The van der Waals surface area contributed by atoms with Gasteiger partial charge in [0.25, 0.3) is 5.56 Å². The molecular formula is C17H14ClN3O3. The molecule has 0 amide bonds. The molecule has 24 heavy (non-hydrogen) atoms. The van der Waals surface area contributed by atoms with Gasteiger partial charge in [-0.15, -0.1) is 0 Å². The Morgan fingerprint density at radius 2 is 1.88 bits per heavy atom. The predicted octanol–water partition coefficient (Wildman–Crippen LogP) is 3.40. The zero-order valence-electron chi connectivity index (χ0n) is 12.6. The molecule has 1 N–H and O–H groups in total. The summed E-state index contributed by atoms with van der Waals surface area (Å²) in [6, 6.07) is 9.61. The van der Waals surface area contributed by atoms with E-state index in [9.17, 15) is 4.79 Å². The van der Waals surface area contributed by atoms with E-state index >= 15 is 0 Å². The van der Waals surface area contributed by atoms with Crippen molar-refractivity contribution in [1.82, 2.24) is 15.1 Å². The number of aromatic amines is 1. The van der Waals surface area contributed by atoms with Crippen LogP contribution >= 0.6 is 11.6 Å². The summed E-state index contributed by atoms with van der Waals surface area (Å²) < 4.78 is 10.8. The Labute approximate surface area is 142 Å². The van der Waals surface area contributed by atoms with Crippen molar-refractivity contribution in [2.75, 3.05) is 0 Å². The Morgan fingerprint density at radius 1 is 1.17 bits per heavy atom. The van der Waals surface area contributed by atoms with Crippen molar-refractivity contribution in [3.63, 3.8) is 0 Å². The Morgan fingerprint density at radius 3 is 2.50 bits per heavy atom. The molecule has 1 fully saturated rings. The van der Waals surface area contributed by atoms with Crippen LogP contribution in [0.15, 0.2) is 52.0 Å². The molecular weight excluding hydrogens is 330 g/mol. The molecule has 0 bridgehead atoms. The van der Waals surface area contributed by atoms with Crippen LogP contribution in [-0.4, -0.2) is 21.2 Å². The molecule has 0 saturated heterocycles. The second-order valence-electron chi connectivity index (χ2n) is 5.79. The quantitative estimate of drug-likeness (QED) is 0.785. The number of aromatic nitrogens is 3. The first kappa shape index (κ1) is 15.0. The second kappa shape index (κ2) is 6.13. The van der Waals surface area contributed by atoms with Crippen molar-refractivity contribution in [3.05, 3.63) is 63.7 Å². The summed E-state index contributed by atoms with van der Waals surface area (Å²) >= 11 is 5.90. The zero-order valence-corrected chi connectivity index (χ0v) is 13.4. The maximum atomic E-state index is 11.1. The van der Waals surface area contributed by atoms with Gasteiger partial charge in [-0.2, -0.15) is 5.16 Å². The molecule has 1 aliphatic carbocycles. The van der Waals surface area contributed by atoms with E-state index in [4.69, 9.17) is 20.9 Å². The number of H-pyrrole nitrogens is 1. The fourth-order valence-corrected chi connectivity index (χ4v) is 2.87. The van der Waals surface area contributed by atoms with Crippen molar-refractivity contribution < 1.29 is 9.26 Å². The first-order valence-electron chi connectivity index (χ1n) is 7.60. The minimum atomic E-state index is -0.298. The summed E-state index contributed by atoms with van der Waals surface area (Å²) in [5.41, 5.74) is 1.60. The molecule has 1 aliphatic rings. The van der Waals surface area contributed by atoms with E-state index in [0.29, 0.717) is 23.3 Å². The number of rotatable bonds is 4. The number of benzene rings is 1. The Hall–Kier alpha value is -2.60. The van der Waals surface area contributed by atoms with Crippen LogP contribution in [0.25, 0.3) is 11.3 Å². The summed E-state index contributed by atoms with van der Waals surface area (Å²) in [5, 5.41) is 2.98. The number of ether oxygens (including phenoxy) is 1. The van der Waals surface area contributed by atoms with E-state index in [2.05, 4.69) is 27.3 Å². The molecule has 0 aliphatic heterocycles. The van der Waals surface area contributed by atoms with Gasteiger partial charge < -0.3 is 9.26 Å². The molecule has 0 spiro atoms. The summed E-state index contributed by atoms with van der Waals surface area (Å²) in [7, 11) is 0.